The lowest BCUT2D eigenvalue weighted by Crippen LogP contribution is -2.52. The Bertz CT molecular complexity index is 1030. The van der Waals surface area contributed by atoms with Gasteiger partial charge in [0.1, 0.15) is 5.75 Å². The molecule has 0 amide bonds. The van der Waals surface area contributed by atoms with E-state index in [1.807, 2.05) is 30.3 Å². The molecule has 1 aliphatic carbocycles. The lowest BCUT2D eigenvalue weighted by Gasteiger charge is -2.41. The molecule has 1 unspecified atom stereocenters. The van der Waals surface area contributed by atoms with Crippen LogP contribution in [0.4, 0.5) is 5.69 Å². The van der Waals surface area contributed by atoms with E-state index in [0.29, 0.717) is 17.6 Å². The molecule has 29 heavy (non-hydrogen) atoms. The number of benzene rings is 1. The fourth-order valence-corrected chi connectivity index (χ4v) is 4.55. The van der Waals surface area contributed by atoms with Gasteiger partial charge in [0, 0.05) is 55.4 Å². The molecule has 2 N–H and O–H groups in total. The summed E-state index contributed by atoms with van der Waals surface area (Å²) in [6.07, 6.45) is 4.46. The van der Waals surface area contributed by atoms with Crippen LogP contribution in [-0.2, 0) is 12.8 Å². The number of anilines is 1. The molecule has 1 fully saturated rings. The molecule has 3 heterocycles. The first kappa shape index (κ1) is 18.0. The highest BCUT2D eigenvalue weighted by Gasteiger charge is 2.30. The predicted octanol–water partition coefficient (Wildman–Crippen LogP) is 1.95. The zero-order valence-electron chi connectivity index (χ0n) is 16.3. The maximum atomic E-state index is 13.0. The number of pyridine rings is 1. The third kappa shape index (κ3) is 3.42. The van der Waals surface area contributed by atoms with Crippen molar-refractivity contribution in [1.82, 2.24) is 19.7 Å². The molecule has 2 aliphatic rings. The number of aromatic nitrogens is 3. The van der Waals surface area contributed by atoms with Crippen molar-refractivity contribution in [3.8, 4) is 11.6 Å². The van der Waals surface area contributed by atoms with Crippen LogP contribution in [0.5, 0.6) is 5.75 Å². The zero-order chi connectivity index (χ0) is 19.8. The van der Waals surface area contributed by atoms with Gasteiger partial charge >= 0.3 is 0 Å². The number of aromatic hydroxyl groups is 1. The van der Waals surface area contributed by atoms with Crippen LogP contribution in [0, 0.1) is 0 Å². The molecule has 3 aromatic rings. The van der Waals surface area contributed by atoms with E-state index in [1.165, 1.54) is 0 Å². The summed E-state index contributed by atoms with van der Waals surface area (Å²) in [7, 11) is 0. The van der Waals surface area contributed by atoms with Crippen LogP contribution in [0.1, 0.15) is 17.7 Å². The van der Waals surface area contributed by atoms with Crippen molar-refractivity contribution in [2.24, 2.45) is 0 Å². The van der Waals surface area contributed by atoms with Gasteiger partial charge in [-0.05, 0) is 55.7 Å². The number of phenolic OH excluding ortho intramolecular Hbond substituents is 1. The van der Waals surface area contributed by atoms with Gasteiger partial charge in [-0.1, -0.05) is 6.07 Å². The highest BCUT2D eigenvalue weighted by atomic mass is 16.3. The second-order valence-corrected chi connectivity index (χ2v) is 7.83. The molecule has 7 heteroatoms. The van der Waals surface area contributed by atoms with Gasteiger partial charge in [-0.3, -0.25) is 14.8 Å². The highest BCUT2D eigenvalue weighted by Crippen LogP contribution is 2.25. The molecule has 0 bridgehead atoms. The van der Waals surface area contributed by atoms with Crippen LogP contribution in [0.2, 0.25) is 0 Å². The average molecular weight is 391 g/mol. The van der Waals surface area contributed by atoms with E-state index in [4.69, 9.17) is 0 Å². The monoisotopic (exact) mass is 391 g/mol. The van der Waals surface area contributed by atoms with Crippen LogP contribution in [0.15, 0.2) is 53.5 Å². The van der Waals surface area contributed by atoms with Gasteiger partial charge < -0.3 is 10.0 Å². The summed E-state index contributed by atoms with van der Waals surface area (Å²) in [6.45, 7) is 3.89. The van der Waals surface area contributed by atoms with Gasteiger partial charge in [-0.25, -0.2) is 9.67 Å². The van der Waals surface area contributed by atoms with Crippen molar-refractivity contribution < 1.29 is 5.11 Å². The fourth-order valence-electron chi connectivity index (χ4n) is 4.55. The van der Waals surface area contributed by atoms with Gasteiger partial charge in [0.05, 0.1) is 0 Å². The van der Waals surface area contributed by atoms with Crippen molar-refractivity contribution >= 4 is 5.69 Å². The fraction of sp³-hybridized carbons (Fsp3) is 0.364. The number of hydrogen-bond acceptors (Lipinski definition) is 5. The number of nitrogens with one attached hydrogen (secondary N) is 1. The molecule has 5 rings (SSSR count). The largest absolute Gasteiger partial charge is 0.508 e. The van der Waals surface area contributed by atoms with E-state index < -0.39 is 0 Å². The Morgan fingerprint density at radius 2 is 1.83 bits per heavy atom. The van der Waals surface area contributed by atoms with Crippen molar-refractivity contribution in [3.63, 3.8) is 0 Å². The number of aryl methyl sites for hydroxylation is 1. The van der Waals surface area contributed by atoms with Crippen LogP contribution in [0.25, 0.3) is 5.82 Å². The number of aromatic amines is 1. The van der Waals surface area contributed by atoms with Crippen LogP contribution < -0.4 is 10.5 Å². The van der Waals surface area contributed by atoms with E-state index in [1.54, 1.807) is 23.0 Å². The van der Waals surface area contributed by atoms with E-state index in [9.17, 15) is 9.90 Å². The minimum Gasteiger partial charge on any atom is -0.508 e. The SMILES string of the molecule is O=c1c2c([nH]n1-c1ccccn1)CCC(N1CCN(c3ccc(O)cc3)CC1)C2. The smallest absolute Gasteiger partial charge is 0.276 e. The number of fused-ring (bicyclic) bond motifs is 1. The highest BCUT2D eigenvalue weighted by molar-refractivity contribution is 5.49. The Balaban J connectivity index is 1.28. The number of nitrogens with zero attached hydrogens (tertiary/aromatic N) is 4. The van der Waals surface area contributed by atoms with E-state index >= 15 is 0 Å². The normalized spacial score (nSPS) is 19.9. The Labute approximate surface area is 169 Å². The summed E-state index contributed by atoms with van der Waals surface area (Å²) < 4.78 is 1.58. The van der Waals surface area contributed by atoms with Crippen molar-refractivity contribution in [1.29, 1.82) is 0 Å². The van der Waals surface area contributed by atoms with Gasteiger partial charge in [-0.2, -0.15) is 0 Å². The number of H-pyrrole nitrogens is 1. The first-order valence-electron chi connectivity index (χ1n) is 10.2. The summed E-state index contributed by atoms with van der Waals surface area (Å²) in [5.41, 5.74) is 3.15. The Morgan fingerprint density at radius 3 is 2.55 bits per heavy atom. The lowest BCUT2D eigenvalue weighted by atomic mass is 9.92. The minimum absolute atomic E-state index is 0.0335. The molecular formula is C22H25N5O2. The summed E-state index contributed by atoms with van der Waals surface area (Å²) in [6, 6.07) is 13.4. The van der Waals surface area contributed by atoms with E-state index in [2.05, 4.69) is 19.9 Å². The van der Waals surface area contributed by atoms with Crippen molar-refractivity contribution in [2.75, 3.05) is 31.1 Å². The summed E-state index contributed by atoms with van der Waals surface area (Å²) in [5, 5.41) is 12.8. The van der Waals surface area contributed by atoms with Crippen molar-refractivity contribution in [2.45, 2.75) is 25.3 Å². The molecular weight excluding hydrogens is 366 g/mol. The summed E-state index contributed by atoms with van der Waals surface area (Å²) in [5.74, 6) is 0.944. The summed E-state index contributed by atoms with van der Waals surface area (Å²) >= 11 is 0. The van der Waals surface area contributed by atoms with Gasteiger partial charge in [0.25, 0.3) is 5.56 Å². The minimum atomic E-state index is 0.0335. The number of piperazine rings is 1. The van der Waals surface area contributed by atoms with E-state index in [-0.39, 0.29) is 5.56 Å². The number of rotatable bonds is 3. The topological polar surface area (TPSA) is 77.4 Å². The molecule has 150 valence electrons. The van der Waals surface area contributed by atoms with Crippen LogP contribution >= 0.6 is 0 Å². The zero-order valence-corrected chi connectivity index (χ0v) is 16.3. The third-order valence-corrected chi connectivity index (χ3v) is 6.16. The maximum absolute atomic E-state index is 13.0. The number of hydrogen-bond donors (Lipinski definition) is 2. The molecule has 2 aromatic heterocycles. The lowest BCUT2D eigenvalue weighted by molar-refractivity contribution is 0.169. The second-order valence-electron chi connectivity index (χ2n) is 7.83. The molecule has 1 atom stereocenters. The standard InChI is InChI=1S/C22H25N5O2/c28-18-7-4-16(5-8-18)25-11-13-26(14-12-25)17-6-9-20-19(15-17)22(29)27(24-20)21-3-1-2-10-23-21/h1-5,7-8,10,17,24,28H,6,9,11-15H2. The van der Waals surface area contributed by atoms with Crippen LogP contribution in [0.3, 0.4) is 0 Å². The van der Waals surface area contributed by atoms with Gasteiger partial charge in [0.2, 0.25) is 0 Å². The van der Waals surface area contributed by atoms with Crippen LogP contribution in [-0.4, -0.2) is 57.0 Å². The van der Waals surface area contributed by atoms with Crippen molar-refractivity contribution in [3.05, 3.63) is 70.3 Å². The molecule has 1 aliphatic heterocycles. The quantitative estimate of drug-likeness (QED) is 0.714. The molecule has 0 radical (unpaired) electrons. The Morgan fingerprint density at radius 1 is 1.03 bits per heavy atom. The predicted molar refractivity (Wildman–Crippen MR) is 112 cm³/mol. The Hall–Kier alpha value is -3.06. The molecule has 7 nitrogen and oxygen atoms in total. The third-order valence-electron chi connectivity index (χ3n) is 6.16. The second kappa shape index (κ2) is 7.40. The molecule has 0 saturated carbocycles. The van der Waals surface area contributed by atoms with Gasteiger partial charge in [-0.15, -0.1) is 0 Å². The average Bonchev–Trinajstić information content (AvgIpc) is 3.11. The Kier molecular flexibility index (Phi) is 4.60. The van der Waals surface area contributed by atoms with E-state index in [0.717, 1.165) is 62.4 Å². The van der Waals surface area contributed by atoms with Gasteiger partial charge in [0.15, 0.2) is 5.82 Å². The number of phenols is 1. The molecule has 1 saturated heterocycles. The first-order chi connectivity index (χ1) is 14.2. The first-order valence-corrected chi connectivity index (χ1v) is 10.2. The summed E-state index contributed by atoms with van der Waals surface area (Å²) in [4.78, 5) is 22.1. The molecule has 1 aromatic carbocycles. The molecule has 0 spiro atoms. The maximum Gasteiger partial charge on any atom is 0.276 e.